The van der Waals surface area contributed by atoms with Crippen LogP contribution in [0.15, 0.2) is 6.07 Å². The lowest BCUT2D eigenvalue weighted by Crippen LogP contribution is -2.26. The summed E-state index contributed by atoms with van der Waals surface area (Å²) in [6.45, 7) is 6.78. The summed E-state index contributed by atoms with van der Waals surface area (Å²) >= 11 is 1.51. The van der Waals surface area contributed by atoms with Crippen LogP contribution in [0.2, 0.25) is 0 Å². The van der Waals surface area contributed by atoms with Crippen molar-refractivity contribution in [3.8, 4) is 0 Å². The van der Waals surface area contributed by atoms with Crippen LogP contribution in [0.5, 0.6) is 0 Å². The van der Waals surface area contributed by atoms with Gasteiger partial charge in [-0.25, -0.2) is 8.78 Å². The van der Waals surface area contributed by atoms with Crippen molar-refractivity contribution < 1.29 is 8.78 Å². The largest absolute Gasteiger partial charge is 0.316 e. The van der Waals surface area contributed by atoms with E-state index in [0.29, 0.717) is 10.8 Å². The van der Waals surface area contributed by atoms with Gasteiger partial charge in [0.1, 0.15) is 5.54 Å². The number of halogens is 2. The monoisotopic (exact) mass is 285 g/mol. The SMILES string of the molecule is CC(C)(C)C1CCc2sc(C3(N)CC3(F)F)cc2C1. The van der Waals surface area contributed by atoms with Crippen LogP contribution in [0.4, 0.5) is 8.78 Å². The van der Waals surface area contributed by atoms with Gasteiger partial charge in [-0.05, 0) is 42.2 Å². The average Bonchev–Trinajstić information content (AvgIpc) is 2.68. The van der Waals surface area contributed by atoms with Gasteiger partial charge in [0.05, 0.1) is 0 Å². The number of rotatable bonds is 1. The van der Waals surface area contributed by atoms with Gasteiger partial charge in [0.25, 0.3) is 5.92 Å². The summed E-state index contributed by atoms with van der Waals surface area (Å²) in [7, 11) is 0. The molecule has 0 saturated heterocycles. The quantitative estimate of drug-likeness (QED) is 0.826. The highest BCUT2D eigenvalue weighted by molar-refractivity contribution is 7.12. The molecule has 2 aliphatic carbocycles. The minimum atomic E-state index is -2.70. The van der Waals surface area contributed by atoms with Crippen LogP contribution in [0.1, 0.15) is 48.9 Å². The molecular formula is C15H21F2NS. The summed E-state index contributed by atoms with van der Waals surface area (Å²) < 4.78 is 26.8. The van der Waals surface area contributed by atoms with Gasteiger partial charge >= 0.3 is 0 Å². The maximum atomic E-state index is 13.4. The molecular weight excluding hydrogens is 264 g/mol. The van der Waals surface area contributed by atoms with Crippen molar-refractivity contribution in [3.63, 3.8) is 0 Å². The van der Waals surface area contributed by atoms with Crippen LogP contribution in [0.25, 0.3) is 0 Å². The molecule has 0 spiro atoms. The summed E-state index contributed by atoms with van der Waals surface area (Å²) in [5.41, 5.74) is 6.01. The van der Waals surface area contributed by atoms with Crippen molar-refractivity contribution >= 4 is 11.3 Å². The topological polar surface area (TPSA) is 26.0 Å². The molecule has 1 fully saturated rings. The van der Waals surface area contributed by atoms with Crippen LogP contribution in [-0.2, 0) is 18.4 Å². The van der Waals surface area contributed by atoms with Gasteiger partial charge < -0.3 is 5.73 Å². The summed E-state index contributed by atoms with van der Waals surface area (Å²) in [5.74, 6) is -2.07. The first-order valence-corrected chi connectivity index (χ1v) is 7.74. The van der Waals surface area contributed by atoms with Gasteiger partial charge in [-0.15, -0.1) is 11.3 Å². The maximum absolute atomic E-state index is 13.4. The third-order valence-corrected chi connectivity index (χ3v) is 6.19. The van der Waals surface area contributed by atoms with Gasteiger partial charge in [-0.3, -0.25) is 0 Å². The van der Waals surface area contributed by atoms with E-state index in [1.165, 1.54) is 21.8 Å². The molecule has 1 heterocycles. The Morgan fingerprint density at radius 1 is 1.37 bits per heavy atom. The number of thiophene rings is 1. The summed E-state index contributed by atoms with van der Waals surface area (Å²) in [4.78, 5) is 1.97. The zero-order valence-electron chi connectivity index (χ0n) is 11.7. The molecule has 0 amide bonds. The molecule has 106 valence electrons. The minimum absolute atomic E-state index is 0.192. The van der Waals surface area contributed by atoms with E-state index in [0.717, 1.165) is 19.3 Å². The smallest absolute Gasteiger partial charge is 0.273 e. The van der Waals surface area contributed by atoms with Crippen LogP contribution in [-0.4, -0.2) is 5.92 Å². The highest BCUT2D eigenvalue weighted by Gasteiger charge is 2.70. The van der Waals surface area contributed by atoms with Crippen molar-refractivity contribution in [1.29, 1.82) is 0 Å². The standard InChI is InChI=1S/C15H21F2NS/c1-13(2,3)10-4-5-11-9(6-10)7-12(19-11)14(18)8-15(14,16)17/h7,10H,4-6,8,18H2,1-3H3. The Morgan fingerprint density at radius 3 is 2.53 bits per heavy atom. The Balaban J connectivity index is 1.86. The first kappa shape index (κ1) is 13.5. The fourth-order valence-corrected chi connectivity index (χ4v) is 4.42. The van der Waals surface area contributed by atoms with Crippen molar-refractivity contribution in [2.45, 2.75) is 57.9 Å². The van der Waals surface area contributed by atoms with Crippen molar-refractivity contribution in [2.75, 3.05) is 0 Å². The van der Waals surface area contributed by atoms with Crippen LogP contribution >= 0.6 is 11.3 Å². The van der Waals surface area contributed by atoms with Gasteiger partial charge in [0, 0.05) is 16.2 Å². The Morgan fingerprint density at radius 2 is 2.00 bits per heavy atom. The van der Waals surface area contributed by atoms with Crippen LogP contribution in [0, 0.1) is 11.3 Å². The molecule has 2 aliphatic rings. The van der Waals surface area contributed by atoms with E-state index < -0.39 is 11.5 Å². The molecule has 4 heteroatoms. The van der Waals surface area contributed by atoms with Crippen LogP contribution in [0.3, 0.4) is 0 Å². The van der Waals surface area contributed by atoms with E-state index in [4.69, 9.17) is 5.73 Å². The van der Waals surface area contributed by atoms with Gasteiger partial charge in [0.2, 0.25) is 0 Å². The molecule has 0 aromatic carbocycles. The van der Waals surface area contributed by atoms with Crippen molar-refractivity contribution in [2.24, 2.45) is 17.1 Å². The zero-order valence-corrected chi connectivity index (χ0v) is 12.5. The first-order valence-electron chi connectivity index (χ1n) is 6.92. The van der Waals surface area contributed by atoms with E-state index in [9.17, 15) is 8.78 Å². The second-order valence-corrected chi connectivity index (χ2v) is 8.35. The second kappa shape index (κ2) is 3.79. The van der Waals surface area contributed by atoms with Crippen molar-refractivity contribution in [3.05, 3.63) is 21.4 Å². The molecule has 19 heavy (non-hydrogen) atoms. The molecule has 1 aromatic rings. The maximum Gasteiger partial charge on any atom is 0.273 e. The van der Waals surface area contributed by atoms with E-state index >= 15 is 0 Å². The number of fused-ring (bicyclic) bond motifs is 1. The Hall–Kier alpha value is -0.480. The molecule has 2 atom stereocenters. The first-order chi connectivity index (χ1) is 8.63. The molecule has 1 saturated carbocycles. The molecule has 3 rings (SSSR count). The third-order valence-electron chi connectivity index (χ3n) is 4.78. The molecule has 2 N–H and O–H groups in total. The Kier molecular flexibility index (Phi) is 2.69. The fourth-order valence-electron chi connectivity index (χ4n) is 3.06. The van der Waals surface area contributed by atoms with E-state index in [2.05, 4.69) is 20.8 Å². The van der Waals surface area contributed by atoms with Gasteiger partial charge in [0.15, 0.2) is 0 Å². The number of alkyl halides is 2. The summed E-state index contributed by atoms with van der Waals surface area (Å²) in [6, 6.07) is 1.96. The Labute approximate surface area is 117 Å². The fraction of sp³-hybridized carbons (Fsp3) is 0.733. The van der Waals surface area contributed by atoms with Crippen LogP contribution < -0.4 is 5.73 Å². The normalized spacial score (nSPS) is 33.1. The van der Waals surface area contributed by atoms with E-state index in [1.54, 1.807) is 0 Å². The lowest BCUT2D eigenvalue weighted by atomic mass is 9.72. The molecule has 0 aliphatic heterocycles. The third kappa shape index (κ3) is 2.04. The molecule has 1 aromatic heterocycles. The highest BCUT2D eigenvalue weighted by atomic mass is 32.1. The lowest BCUT2D eigenvalue weighted by molar-refractivity contribution is 0.0899. The molecule has 2 unspecified atom stereocenters. The number of hydrogen-bond acceptors (Lipinski definition) is 2. The lowest BCUT2D eigenvalue weighted by Gasteiger charge is -2.33. The van der Waals surface area contributed by atoms with E-state index in [-0.39, 0.29) is 11.8 Å². The molecule has 0 bridgehead atoms. The molecule has 1 nitrogen and oxygen atoms in total. The van der Waals surface area contributed by atoms with Gasteiger partial charge in [-0.1, -0.05) is 20.8 Å². The minimum Gasteiger partial charge on any atom is -0.316 e. The second-order valence-electron chi connectivity index (χ2n) is 7.22. The predicted octanol–water partition coefficient (Wildman–Crippen LogP) is 4.09. The van der Waals surface area contributed by atoms with Crippen molar-refractivity contribution in [1.82, 2.24) is 0 Å². The predicted molar refractivity (Wildman–Crippen MR) is 74.7 cm³/mol. The van der Waals surface area contributed by atoms with E-state index in [1.807, 2.05) is 6.07 Å². The average molecular weight is 285 g/mol. The highest BCUT2D eigenvalue weighted by Crippen LogP contribution is 2.59. The number of nitrogens with two attached hydrogens (primary N) is 1. The zero-order chi connectivity index (χ0) is 14.1. The number of hydrogen-bond donors (Lipinski definition) is 1. The summed E-state index contributed by atoms with van der Waals surface area (Å²) in [6.07, 6.45) is 2.99. The summed E-state index contributed by atoms with van der Waals surface area (Å²) in [5, 5.41) is 0. The van der Waals surface area contributed by atoms with Gasteiger partial charge in [-0.2, -0.15) is 0 Å². The number of aryl methyl sites for hydroxylation is 1. The molecule has 0 radical (unpaired) electrons. The Bertz CT molecular complexity index is 515.